The van der Waals surface area contributed by atoms with Crippen molar-refractivity contribution in [1.29, 1.82) is 0 Å². The Bertz CT molecular complexity index is 503. The first kappa shape index (κ1) is 23.6. The Morgan fingerprint density at radius 2 is 1.59 bits per heavy atom. The van der Waals surface area contributed by atoms with Gasteiger partial charge in [0.15, 0.2) is 0 Å². The lowest BCUT2D eigenvalue weighted by Gasteiger charge is -2.56. The molecule has 0 aromatic rings. The van der Waals surface area contributed by atoms with E-state index in [1.807, 2.05) is 13.8 Å². The van der Waals surface area contributed by atoms with Crippen LogP contribution in [-0.2, 0) is 0 Å². The molecule has 0 bridgehead atoms. The summed E-state index contributed by atoms with van der Waals surface area (Å²) in [7, 11) is 0. The molecule has 0 aliphatic heterocycles. The van der Waals surface area contributed by atoms with Gasteiger partial charge in [0.1, 0.15) is 0 Å². The Morgan fingerprint density at radius 3 is 2.31 bits per heavy atom. The molecule has 0 spiro atoms. The van der Waals surface area contributed by atoms with Crippen LogP contribution in [0.2, 0.25) is 0 Å². The molecule has 9 atom stereocenters. The third-order valence-electron chi connectivity index (χ3n) is 9.76. The maximum Gasteiger partial charge on any atom is 0.0543 e. The molecule has 4 saturated carbocycles. The lowest BCUT2D eigenvalue weighted by atomic mass is 9.49. The summed E-state index contributed by atoms with van der Waals surface area (Å²) >= 11 is 0. The molecule has 29 heavy (non-hydrogen) atoms. The van der Waals surface area contributed by atoms with E-state index < -0.39 is 0 Å². The van der Waals surface area contributed by atoms with Gasteiger partial charge in [0, 0.05) is 0 Å². The third kappa shape index (κ3) is 4.89. The first-order valence-electron chi connectivity index (χ1n) is 13.2. The first-order chi connectivity index (χ1) is 13.9. The Morgan fingerprint density at radius 1 is 0.862 bits per heavy atom. The van der Waals surface area contributed by atoms with Crippen molar-refractivity contribution in [3.8, 4) is 0 Å². The van der Waals surface area contributed by atoms with Crippen LogP contribution in [0.4, 0.5) is 0 Å². The maximum atomic E-state index is 10.7. The monoisotopic (exact) mass is 406 g/mol. The van der Waals surface area contributed by atoms with Crippen molar-refractivity contribution < 1.29 is 10.2 Å². The molecular formula is C27H50O2. The van der Waals surface area contributed by atoms with Crippen molar-refractivity contribution in [3.05, 3.63) is 0 Å². The molecular weight excluding hydrogens is 356 g/mol. The second-order valence-electron chi connectivity index (χ2n) is 11.6. The zero-order valence-corrected chi connectivity index (χ0v) is 20.1. The summed E-state index contributed by atoms with van der Waals surface area (Å²) in [6.07, 6.45) is 14.9. The predicted molar refractivity (Wildman–Crippen MR) is 123 cm³/mol. The number of hydrogen-bond acceptors (Lipinski definition) is 2. The van der Waals surface area contributed by atoms with E-state index in [0.717, 1.165) is 67.6 Å². The van der Waals surface area contributed by atoms with Crippen LogP contribution in [0, 0.1) is 46.8 Å². The minimum atomic E-state index is -0.0822. The molecule has 0 amide bonds. The van der Waals surface area contributed by atoms with E-state index in [1.165, 1.54) is 44.9 Å². The standard InChI is InChI=1S/C25H44O2.C2H6/c1-16(2)4-7-20(27)15-18-6-11-24-23-9-5-17-14-19(26)8-10-21(17)22(23)12-13-25(18,24)3;1-2/h16-24,26-27H,4-15H2,1-3H3;1-2H3. The fourth-order valence-electron chi connectivity index (χ4n) is 8.30. The summed E-state index contributed by atoms with van der Waals surface area (Å²) in [4.78, 5) is 0. The lowest BCUT2D eigenvalue weighted by Crippen LogP contribution is -2.49. The molecule has 0 heterocycles. The fraction of sp³-hybridized carbons (Fsp3) is 1.00. The van der Waals surface area contributed by atoms with Gasteiger partial charge in [0.2, 0.25) is 0 Å². The highest BCUT2D eigenvalue weighted by atomic mass is 16.3. The van der Waals surface area contributed by atoms with Gasteiger partial charge < -0.3 is 10.2 Å². The summed E-state index contributed by atoms with van der Waals surface area (Å²) in [6.45, 7) is 11.1. The number of rotatable bonds is 5. The first-order valence-corrected chi connectivity index (χ1v) is 13.2. The quantitative estimate of drug-likeness (QED) is 0.525. The van der Waals surface area contributed by atoms with Gasteiger partial charge in [0.05, 0.1) is 12.2 Å². The van der Waals surface area contributed by atoms with Gasteiger partial charge in [-0.2, -0.15) is 0 Å². The number of aliphatic hydroxyl groups is 2. The van der Waals surface area contributed by atoms with Gasteiger partial charge in [-0.25, -0.2) is 0 Å². The molecule has 2 N–H and O–H groups in total. The third-order valence-corrected chi connectivity index (χ3v) is 9.76. The average Bonchev–Trinajstić information content (AvgIpc) is 3.04. The molecule has 0 aromatic heterocycles. The second kappa shape index (κ2) is 10.0. The minimum Gasteiger partial charge on any atom is -0.393 e. The van der Waals surface area contributed by atoms with Crippen molar-refractivity contribution in [2.45, 2.75) is 124 Å². The molecule has 4 aliphatic rings. The van der Waals surface area contributed by atoms with Crippen LogP contribution in [0.25, 0.3) is 0 Å². The smallest absolute Gasteiger partial charge is 0.0543 e. The van der Waals surface area contributed by atoms with Gasteiger partial charge in [-0.15, -0.1) is 0 Å². The van der Waals surface area contributed by atoms with Gasteiger partial charge in [-0.3, -0.25) is 0 Å². The second-order valence-corrected chi connectivity index (χ2v) is 11.6. The summed E-state index contributed by atoms with van der Waals surface area (Å²) in [6, 6.07) is 0. The lowest BCUT2D eigenvalue weighted by molar-refractivity contribution is -0.0807. The molecule has 0 radical (unpaired) electrons. The van der Waals surface area contributed by atoms with Crippen LogP contribution in [-0.4, -0.2) is 22.4 Å². The molecule has 0 aromatic carbocycles. The zero-order valence-electron chi connectivity index (χ0n) is 20.1. The van der Waals surface area contributed by atoms with Crippen LogP contribution in [0.5, 0.6) is 0 Å². The molecule has 170 valence electrons. The molecule has 2 nitrogen and oxygen atoms in total. The van der Waals surface area contributed by atoms with Crippen molar-refractivity contribution >= 4 is 0 Å². The Hall–Kier alpha value is -0.0800. The highest BCUT2D eigenvalue weighted by Crippen LogP contribution is 2.64. The van der Waals surface area contributed by atoms with Crippen LogP contribution < -0.4 is 0 Å². The van der Waals surface area contributed by atoms with Crippen LogP contribution in [0.3, 0.4) is 0 Å². The van der Waals surface area contributed by atoms with E-state index in [2.05, 4.69) is 20.8 Å². The highest BCUT2D eigenvalue weighted by Gasteiger charge is 2.56. The normalized spacial score (nSPS) is 44.9. The van der Waals surface area contributed by atoms with Gasteiger partial charge >= 0.3 is 0 Å². The fourth-order valence-corrected chi connectivity index (χ4v) is 8.30. The van der Waals surface area contributed by atoms with Gasteiger partial charge in [0.25, 0.3) is 0 Å². The molecule has 4 aliphatic carbocycles. The zero-order chi connectivity index (χ0) is 21.2. The number of fused-ring (bicyclic) bond motifs is 5. The van der Waals surface area contributed by atoms with Crippen LogP contribution in [0.1, 0.15) is 112 Å². The van der Waals surface area contributed by atoms with E-state index >= 15 is 0 Å². The Labute approximate surface area is 181 Å². The summed E-state index contributed by atoms with van der Waals surface area (Å²) in [5.41, 5.74) is 0.487. The molecule has 2 heteroatoms. The van der Waals surface area contributed by atoms with Crippen LogP contribution >= 0.6 is 0 Å². The molecule has 4 rings (SSSR count). The van der Waals surface area contributed by atoms with E-state index in [9.17, 15) is 10.2 Å². The van der Waals surface area contributed by atoms with Gasteiger partial charge in [-0.05, 0) is 124 Å². The summed E-state index contributed by atoms with van der Waals surface area (Å²) in [5, 5.41) is 20.8. The van der Waals surface area contributed by atoms with Crippen molar-refractivity contribution in [2.75, 3.05) is 0 Å². The average molecular weight is 407 g/mol. The van der Waals surface area contributed by atoms with Crippen molar-refractivity contribution in [2.24, 2.45) is 46.8 Å². The van der Waals surface area contributed by atoms with Crippen LogP contribution in [0.15, 0.2) is 0 Å². The predicted octanol–water partition coefficient (Wildman–Crippen LogP) is 6.83. The number of hydrogen-bond donors (Lipinski definition) is 2. The van der Waals surface area contributed by atoms with Crippen molar-refractivity contribution in [1.82, 2.24) is 0 Å². The van der Waals surface area contributed by atoms with E-state index in [1.54, 1.807) is 0 Å². The van der Waals surface area contributed by atoms with E-state index in [0.29, 0.717) is 11.3 Å². The highest BCUT2D eigenvalue weighted by molar-refractivity contribution is 5.06. The largest absolute Gasteiger partial charge is 0.393 e. The summed E-state index contributed by atoms with van der Waals surface area (Å²) < 4.78 is 0. The molecule has 4 fully saturated rings. The summed E-state index contributed by atoms with van der Waals surface area (Å²) in [5.74, 6) is 5.97. The maximum absolute atomic E-state index is 10.7. The SMILES string of the molecule is CC.CC(C)CCC(O)CC1CCC2C3CCC4CC(O)CCC4C3CCC12C. The number of aliphatic hydroxyl groups excluding tert-OH is 2. The minimum absolute atomic E-state index is 0.0140. The molecule has 9 unspecified atom stereocenters. The van der Waals surface area contributed by atoms with E-state index in [4.69, 9.17) is 0 Å². The molecule has 0 saturated heterocycles. The Kier molecular flexibility index (Phi) is 8.15. The van der Waals surface area contributed by atoms with Crippen molar-refractivity contribution in [3.63, 3.8) is 0 Å². The van der Waals surface area contributed by atoms with E-state index in [-0.39, 0.29) is 12.2 Å². The van der Waals surface area contributed by atoms with Gasteiger partial charge in [-0.1, -0.05) is 34.6 Å². The topological polar surface area (TPSA) is 40.5 Å². The Balaban J connectivity index is 0.00000117.